The lowest BCUT2D eigenvalue weighted by Crippen LogP contribution is -2.31. The van der Waals surface area contributed by atoms with E-state index in [1.165, 1.54) is 19.3 Å². The van der Waals surface area contributed by atoms with Crippen LogP contribution in [0, 0.1) is 18.3 Å². The highest BCUT2D eigenvalue weighted by Crippen LogP contribution is 2.28. The van der Waals surface area contributed by atoms with Gasteiger partial charge >= 0.3 is 5.97 Å². The Hall–Kier alpha value is -1.01. The van der Waals surface area contributed by atoms with Gasteiger partial charge in [0.05, 0.1) is 13.1 Å². The smallest absolute Gasteiger partial charge is 0.320 e. The van der Waals surface area contributed by atoms with Gasteiger partial charge in [0.25, 0.3) is 0 Å². The van der Waals surface area contributed by atoms with E-state index in [1.807, 2.05) is 0 Å². The Morgan fingerprint density at radius 1 is 1.56 bits per heavy atom. The van der Waals surface area contributed by atoms with Gasteiger partial charge in [-0.1, -0.05) is 25.7 Å². The van der Waals surface area contributed by atoms with Gasteiger partial charge in [-0.3, -0.25) is 10.1 Å². The molecule has 0 aliphatic heterocycles. The lowest BCUT2D eigenvalue weighted by atomic mass is 9.85. The fourth-order valence-electron chi connectivity index (χ4n) is 2.18. The number of ether oxygens (including phenoxy) is 1. The fourth-order valence-corrected chi connectivity index (χ4v) is 2.18. The van der Waals surface area contributed by atoms with Gasteiger partial charge in [-0.2, -0.15) is 0 Å². The molecule has 3 nitrogen and oxygen atoms in total. The van der Waals surface area contributed by atoms with Crippen LogP contribution in [-0.4, -0.2) is 25.2 Å². The molecule has 1 aliphatic carbocycles. The normalized spacial score (nSPS) is 24.8. The van der Waals surface area contributed by atoms with Crippen molar-refractivity contribution < 1.29 is 9.53 Å². The second kappa shape index (κ2) is 7.29. The van der Waals surface area contributed by atoms with Gasteiger partial charge in [0.1, 0.15) is 6.10 Å². The lowest BCUT2D eigenvalue weighted by molar-refractivity contribution is -0.150. The SMILES string of the molecule is C#CCNCC(=O)OC1CCCC(CC)C1. The van der Waals surface area contributed by atoms with Gasteiger partial charge < -0.3 is 4.74 Å². The van der Waals surface area contributed by atoms with Crippen LogP contribution in [0.3, 0.4) is 0 Å². The van der Waals surface area contributed by atoms with Gasteiger partial charge in [-0.15, -0.1) is 6.42 Å². The van der Waals surface area contributed by atoms with Gasteiger partial charge in [-0.25, -0.2) is 0 Å². The molecule has 1 saturated carbocycles. The first-order chi connectivity index (χ1) is 7.76. The maximum absolute atomic E-state index is 11.4. The molecule has 0 heterocycles. The minimum Gasteiger partial charge on any atom is -0.461 e. The molecule has 3 heteroatoms. The molecule has 0 aromatic carbocycles. The van der Waals surface area contributed by atoms with Crippen molar-refractivity contribution in [1.82, 2.24) is 5.32 Å². The van der Waals surface area contributed by atoms with Crippen molar-refractivity contribution in [3.8, 4) is 12.3 Å². The number of carbonyl (C=O) groups is 1. The van der Waals surface area contributed by atoms with Crippen molar-refractivity contribution in [3.63, 3.8) is 0 Å². The molecule has 0 saturated heterocycles. The molecule has 16 heavy (non-hydrogen) atoms. The maximum Gasteiger partial charge on any atom is 0.320 e. The van der Waals surface area contributed by atoms with E-state index in [2.05, 4.69) is 18.2 Å². The highest BCUT2D eigenvalue weighted by molar-refractivity contribution is 5.71. The fraction of sp³-hybridized carbons (Fsp3) is 0.769. The molecule has 2 unspecified atom stereocenters. The molecule has 2 atom stereocenters. The number of nitrogens with one attached hydrogen (secondary N) is 1. The van der Waals surface area contributed by atoms with Crippen LogP contribution in [-0.2, 0) is 9.53 Å². The Morgan fingerprint density at radius 3 is 3.06 bits per heavy atom. The monoisotopic (exact) mass is 223 g/mol. The number of carbonyl (C=O) groups excluding carboxylic acids is 1. The van der Waals surface area contributed by atoms with Gasteiger partial charge in [0, 0.05) is 0 Å². The number of terminal acetylenes is 1. The van der Waals surface area contributed by atoms with Gasteiger partial charge in [-0.05, 0) is 25.2 Å². The highest BCUT2D eigenvalue weighted by atomic mass is 16.5. The Bertz CT molecular complexity index is 257. The van der Waals surface area contributed by atoms with Crippen molar-refractivity contribution in [1.29, 1.82) is 0 Å². The summed E-state index contributed by atoms with van der Waals surface area (Å²) in [5.41, 5.74) is 0. The number of hydrogen-bond acceptors (Lipinski definition) is 3. The molecule has 0 spiro atoms. The predicted molar refractivity (Wildman–Crippen MR) is 63.8 cm³/mol. The topological polar surface area (TPSA) is 38.3 Å². The van der Waals surface area contributed by atoms with Crippen LogP contribution in [0.1, 0.15) is 39.0 Å². The summed E-state index contributed by atoms with van der Waals surface area (Å²) in [5.74, 6) is 2.97. The van der Waals surface area contributed by atoms with Crippen molar-refractivity contribution in [2.24, 2.45) is 5.92 Å². The van der Waals surface area contributed by atoms with Gasteiger partial charge in [0.2, 0.25) is 0 Å². The van der Waals surface area contributed by atoms with E-state index in [0.717, 1.165) is 18.8 Å². The van der Waals surface area contributed by atoms with Crippen LogP contribution in [0.2, 0.25) is 0 Å². The average Bonchev–Trinajstić information content (AvgIpc) is 2.29. The van der Waals surface area contributed by atoms with Crippen molar-refractivity contribution in [2.75, 3.05) is 13.1 Å². The highest BCUT2D eigenvalue weighted by Gasteiger charge is 2.23. The van der Waals surface area contributed by atoms with Gasteiger partial charge in [0.15, 0.2) is 0 Å². The summed E-state index contributed by atoms with van der Waals surface area (Å²) in [6, 6.07) is 0. The van der Waals surface area contributed by atoms with Crippen LogP contribution >= 0.6 is 0 Å². The molecule has 1 N–H and O–H groups in total. The average molecular weight is 223 g/mol. The first-order valence-electron chi connectivity index (χ1n) is 6.10. The molecule has 1 aliphatic rings. The molecule has 90 valence electrons. The van der Waals surface area contributed by atoms with Crippen LogP contribution in [0.5, 0.6) is 0 Å². The Morgan fingerprint density at radius 2 is 2.38 bits per heavy atom. The Balaban J connectivity index is 2.20. The quantitative estimate of drug-likeness (QED) is 0.438. The third-order valence-corrected chi connectivity index (χ3v) is 3.11. The van der Waals surface area contributed by atoms with E-state index >= 15 is 0 Å². The number of esters is 1. The minimum absolute atomic E-state index is 0.124. The Labute approximate surface area is 97.9 Å². The molecule has 0 radical (unpaired) electrons. The predicted octanol–water partition coefficient (Wildman–Crippen LogP) is 1.72. The second-order valence-electron chi connectivity index (χ2n) is 4.36. The van der Waals surface area contributed by atoms with Crippen molar-refractivity contribution in [2.45, 2.75) is 45.1 Å². The van der Waals surface area contributed by atoms with Crippen LogP contribution < -0.4 is 5.32 Å². The second-order valence-corrected chi connectivity index (χ2v) is 4.36. The summed E-state index contributed by atoms with van der Waals surface area (Å²) in [5, 5.41) is 2.84. The third-order valence-electron chi connectivity index (χ3n) is 3.11. The summed E-state index contributed by atoms with van der Waals surface area (Å²) in [4.78, 5) is 11.4. The number of hydrogen-bond donors (Lipinski definition) is 1. The first-order valence-corrected chi connectivity index (χ1v) is 6.10. The molecular formula is C13H21NO2. The van der Waals surface area contributed by atoms with Crippen molar-refractivity contribution in [3.05, 3.63) is 0 Å². The summed E-state index contributed by atoms with van der Waals surface area (Å²) in [6.45, 7) is 2.83. The standard InChI is InChI=1S/C13H21NO2/c1-3-8-14-10-13(15)16-12-7-5-6-11(4-2)9-12/h1,11-12,14H,4-10H2,2H3. The molecule has 0 aromatic rings. The van der Waals surface area contributed by atoms with Crippen LogP contribution in [0.25, 0.3) is 0 Å². The molecule has 1 fully saturated rings. The minimum atomic E-state index is -0.183. The molecule has 1 rings (SSSR count). The van der Waals surface area contributed by atoms with E-state index in [-0.39, 0.29) is 18.6 Å². The summed E-state index contributed by atoms with van der Waals surface area (Å²) in [6.07, 6.45) is 10.9. The maximum atomic E-state index is 11.4. The zero-order valence-electron chi connectivity index (χ0n) is 10.00. The number of rotatable bonds is 5. The van der Waals surface area contributed by atoms with E-state index < -0.39 is 0 Å². The van der Waals surface area contributed by atoms with E-state index in [1.54, 1.807) is 0 Å². The summed E-state index contributed by atoms with van der Waals surface area (Å²) >= 11 is 0. The Kier molecular flexibility index (Phi) is 5.95. The van der Waals surface area contributed by atoms with E-state index in [0.29, 0.717) is 6.54 Å². The zero-order chi connectivity index (χ0) is 11.8. The lowest BCUT2D eigenvalue weighted by Gasteiger charge is -2.28. The summed E-state index contributed by atoms with van der Waals surface area (Å²) in [7, 11) is 0. The first kappa shape index (κ1) is 13.1. The molecule has 0 bridgehead atoms. The summed E-state index contributed by atoms with van der Waals surface area (Å²) < 4.78 is 5.40. The molecule has 0 aromatic heterocycles. The van der Waals surface area contributed by atoms with Crippen LogP contribution in [0.4, 0.5) is 0 Å². The van der Waals surface area contributed by atoms with E-state index in [9.17, 15) is 4.79 Å². The van der Waals surface area contributed by atoms with Crippen LogP contribution in [0.15, 0.2) is 0 Å². The van der Waals surface area contributed by atoms with Crippen molar-refractivity contribution >= 4 is 5.97 Å². The van der Waals surface area contributed by atoms with E-state index in [4.69, 9.17) is 11.2 Å². The third kappa shape index (κ3) is 4.67. The molecular weight excluding hydrogens is 202 g/mol. The zero-order valence-corrected chi connectivity index (χ0v) is 10.00. The molecule has 0 amide bonds. The largest absolute Gasteiger partial charge is 0.461 e.